The van der Waals surface area contributed by atoms with E-state index >= 15 is 0 Å². The quantitative estimate of drug-likeness (QED) is 0.386. The van der Waals surface area contributed by atoms with Gasteiger partial charge < -0.3 is 19.7 Å². The molecule has 6 rings (SSSR count). The van der Waals surface area contributed by atoms with Gasteiger partial charge in [-0.2, -0.15) is 5.10 Å². The second kappa shape index (κ2) is 9.85. The molecule has 8 nitrogen and oxygen atoms in total. The van der Waals surface area contributed by atoms with Gasteiger partial charge in [0.1, 0.15) is 11.2 Å². The highest BCUT2D eigenvalue weighted by Crippen LogP contribution is 2.46. The zero-order chi connectivity index (χ0) is 25.7. The minimum atomic E-state index is 0.0191. The van der Waals surface area contributed by atoms with Crippen LogP contribution in [0.25, 0.3) is 27.1 Å². The molecule has 1 atom stereocenters. The fraction of sp³-hybridized carbons (Fsp3) is 0.536. The molecule has 0 saturated carbocycles. The summed E-state index contributed by atoms with van der Waals surface area (Å²) in [6.45, 7) is 9.39. The number of carbonyl (C=O) groups is 1. The number of ether oxygens (including phenoxy) is 1. The van der Waals surface area contributed by atoms with Gasteiger partial charge in [0.25, 0.3) is 0 Å². The Balaban J connectivity index is 1.31. The van der Waals surface area contributed by atoms with Gasteiger partial charge in [-0.3, -0.25) is 4.79 Å². The number of hydrogen-bond donors (Lipinski definition) is 2. The van der Waals surface area contributed by atoms with Gasteiger partial charge in [0.2, 0.25) is 5.91 Å². The van der Waals surface area contributed by atoms with Gasteiger partial charge in [-0.05, 0) is 61.6 Å². The molecule has 0 radical (unpaired) electrons. The number of carbonyl (C=O) groups excluding carboxylic acids is 1. The molecule has 2 aliphatic heterocycles. The fourth-order valence-electron chi connectivity index (χ4n) is 6.24. The van der Waals surface area contributed by atoms with Crippen molar-refractivity contribution in [2.75, 3.05) is 26.3 Å². The highest BCUT2D eigenvalue weighted by Gasteiger charge is 2.33. The summed E-state index contributed by atoms with van der Waals surface area (Å²) in [6.07, 6.45) is 7.39. The number of aryl methyl sites for hydroxylation is 1. The number of amides is 1. The third kappa shape index (κ3) is 4.27. The SMILES string of the molecule is Cc1cc(-c2[nH]c3sc(C4CCN(C(=O)[C@@H]5CCCOC5)CC4)c(CO)c3c2C(C)C)cn2ncnc12. The second-order valence-electron chi connectivity index (χ2n) is 10.8. The molecule has 196 valence electrons. The molecule has 0 bridgehead atoms. The van der Waals surface area contributed by atoms with Crippen molar-refractivity contribution in [1.29, 1.82) is 0 Å². The Kier molecular flexibility index (Phi) is 6.54. The topological polar surface area (TPSA) is 95.8 Å². The Bertz CT molecular complexity index is 1440. The molecule has 4 aromatic rings. The summed E-state index contributed by atoms with van der Waals surface area (Å²) in [6, 6.07) is 2.16. The van der Waals surface area contributed by atoms with E-state index in [4.69, 9.17) is 4.74 Å². The molecule has 2 N–H and O–H groups in total. The molecular weight excluding hydrogens is 486 g/mol. The minimum absolute atomic E-state index is 0.0191. The maximum Gasteiger partial charge on any atom is 0.228 e. The largest absolute Gasteiger partial charge is 0.392 e. The van der Waals surface area contributed by atoms with Gasteiger partial charge in [0.05, 0.1) is 24.8 Å². The number of aromatic amines is 1. The van der Waals surface area contributed by atoms with Crippen molar-refractivity contribution < 1.29 is 14.6 Å². The van der Waals surface area contributed by atoms with Crippen molar-refractivity contribution in [3.8, 4) is 11.3 Å². The maximum atomic E-state index is 13.0. The number of nitrogens with zero attached hydrogens (tertiary/aromatic N) is 4. The summed E-state index contributed by atoms with van der Waals surface area (Å²) in [5.74, 6) is 0.910. The maximum absolute atomic E-state index is 13.0. The number of rotatable bonds is 5. The molecule has 2 fully saturated rings. The van der Waals surface area contributed by atoms with E-state index in [9.17, 15) is 9.90 Å². The van der Waals surface area contributed by atoms with Crippen molar-refractivity contribution in [3.63, 3.8) is 0 Å². The molecule has 2 saturated heterocycles. The monoisotopic (exact) mass is 521 g/mol. The predicted molar refractivity (Wildman–Crippen MR) is 145 cm³/mol. The molecular formula is C28H35N5O3S. The lowest BCUT2D eigenvalue weighted by Crippen LogP contribution is -2.43. The average Bonchev–Trinajstić information content (AvgIpc) is 3.62. The van der Waals surface area contributed by atoms with Crippen molar-refractivity contribution in [2.24, 2.45) is 5.92 Å². The number of nitrogens with one attached hydrogen (secondary N) is 1. The second-order valence-corrected chi connectivity index (χ2v) is 11.9. The number of H-pyrrole nitrogens is 1. The van der Waals surface area contributed by atoms with Crippen LogP contribution in [0.4, 0.5) is 0 Å². The zero-order valence-corrected chi connectivity index (χ0v) is 22.6. The predicted octanol–water partition coefficient (Wildman–Crippen LogP) is 5.00. The van der Waals surface area contributed by atoms with Gasteiger partial charge >= 0.3 is 0 Å². The molecule has 6 heterocycles. The van der Waals surface area contributed by atoms with Gasteiger partial charge in [-0.15, -0.1) is 11.3 Å². The van der Waals surface area contributed by atoms with Crippen molar-refractivity contribution in [2.45, 2.75) is 64.9 Å². The van der Waals surface area contributed by atoms with E-state index in [1.165, 1.54) is 15.8 Å². The van der Waals surface area contributed by atoms with Crippen LogP contribution in [0.2, 0.25) is 0 Å². The summed E-state index contributed by atoms with van der Waals surface area (Å²) >= 11 is 1.78. The van der Waals surface area contributed by atoms with Crippen LogP contribution in [0.1, 0.15) is 72.9 Å². The van der Waals surface area contributed by atoms with Crippen LogP contribution in [-0.4, -0.2) is 61.8 Å². The Morgan fingerprint density at radius 2 is 2.11 bits per heavy atom. The number of likely N-dealkylation sites (tertiary alicyclic amines) is 1. The van der Waals surface area contributed by atoms with Crippen LogP contribution in [0.3, 0.4) is 0 Å². The van der Waals surface area contributed by atoms with E-state index in [1.54, 1.807) is 17.7 Å². The van der Waals surface area contributed by atoms with Gasteiger partial charge in [0.15, 0.2) is 5.65 Å². The molecule has 0 aliphatic carbocycles. The number of hydrogen-bond acceptors (Lipinski definition) is 6. The first kappa shape index (κ1) is 24.6. The summed E-state index contributed by atoms with van der Waals surface area (Å²) < 4.78 is 7.38. The number of thiophene rings is 1. The molecule has 0 aromatic carbocycles. The highest BCUT2D eigenvalue weighted by atomic mass is 32.1. The smallest absolute Gasteiger partial charge is 0.228 e. The Hall–Kier alpha value is -2.75. The summed E-state index contributed by atoms with van der Waals surface area (Å²) in [5, 5.41) is 16.1. The Morgan fingerprint density at radius 1 is 1.30 bits per heavy atom. The number of aliphatic hydroxyl groups is 1. The molecule has 0 spiro atoms. The zero-order valence-electron chi connectivity index (χ0n) is 21.8. The number of pyridine rings is 1. The lowest BCUT2D eigenvalue weighted by molar-refractivity contribution is -0.140. The van der Waals surface area contributed by atoms with Crippen LogP contribution < -0.4 is 0 Å². The van der Waals surface area contributed by atoms with Crippen LogP contribution >= 0.6 is 11.3 Å². The lowest BCUT2D eigenvalue weighted by atomic mass is 9.89. The minimum Gasteiger partial charge on any atom is -0.392 e. The van der Waals surface area contributed by atoms with Crippen molar-refractivity contribution in [3.05, 3.63) is 40.2 Å². The van der Waals surface area contributed by atoms with Crippen molar-refractivity contribution >= 4 is 33.1 Å². The van der Waals surface area contributed by atoms with Crippen LogP contribution in [0, 0.1) is 12.8 Å². The molecule has 4 aromatic heterocycles. The van der Waals surface area contributed by atoms with Crippen LogP contribution in [0.5, 0.6) is 0 Å². The number of fused-ring (bicyclic) bond motifs is 2. The third-order valence-corrected chi connectivity index (χ3v) is 9.40. The fourth-order valence-corrected chi connectivity index (χ4v) is 7.64. The van der Waals surface area contributed by atoms with Gasteiger partial charge in [-0.25, -0.2) is 9.50 Å². The van der Waals surface area contributed by atoms with E-state index in [0.29, 0.717) is 12.5 Å². The van der Waals surface area contributed by atoms with Crippen molar-refractivity contribution in [1.82, 2.24) is 24.5 Å². The average molecular weight is 522 g/mol. The third-order valence-electron chi connectivity index (χ3n) is 8.09. The van der Waals surface area contributed by atoms with Crippen LogP contribution in [-0.2, 0) is 16.1 Å². The van der Waals surface area contributed by atoms with E-state index < -0.39 is 0 Å². The summed E-state index contributed by atoms with van der Waals surface area (Å²) in [5.41, 5.74) is 6.40. The van der Waals surface area contributed by atoms with E-state index in [0.717, 1.165) is 78.2 Å². The van der Waals surface area contributed by atoms with E-state index in [-0.39, 0.29) is 24.3 Å². The molecule has 1 amide bonds. The number of aliphatic hydroxyl groups excluding tert-OH is 1. The molecule has 9 heteroatoms. The Labute approximate surface area is 220 Å². The highest BCUT2D eigenvalue weighted by molar-refractivity contribution is 7.19. The first-order valence-electron chi connectivity index (χ1n) is 13.4. The lowest BCUT2D eigenvalue weighted by Gasteiger charge is -2.35. The molecule has 37 heavy (non-hydrogen) atoms. The molecule has 2 aliphatic rings. The summed E-state index contributed by atoms with van der Waals surface area (Å²) in [7, 11) is 0. The van der Waals surface area contributed by atoms with Gasteiger partial charge in [0, 0.05) is 47.3 Å². The van der Waals surface area contributed by atoms with E-state index in [2.05, 4.69) is 41.9 Å². The summed E-state index contributed by atoms with van der Waals surface area (Å²) in [4.78, 5) is 25.5. The van der Waals surface area contributed by atoms with Crippen LogP contribution in [0.15, 0.2) is 18.6 Å². The Morgan fingerprint density at radius 3 is 2.81 bits per heavy atom. The molecule has 0 unspecified atom stereocenters. The number of aromatic nitrogens is 4. The first-order valence-corrected chi connectivity index (χ1v) is 14.2. The van der Waals surface area contributed by atoms with Gasteiger partial charge in [-0.1, -0.05) is 13.8 Å². The number of piperidine rings is 1. The first-order chi connectivity index (χ1) is 18.0. The van der Waals surface area contributed by atoms with E-state index in [1.807, 2.05) is 15.6 Å². The normalized spacial score (nSPS) is 19.5. The standard InChI is InChI=1S/C28H35N5O3S/c1-16(2)22-23-21(13-34)25(18-6-8-32(9-7-18)28(35)19-5-4-10-36-14-19)37-27(23)31-24(22)20-11-17(3)26-29-15-30-33(26)12-20/h11-12,15-16,18-19,31,34H,4-10,13-14H2,1-3H3/t19-/m1/s1.